The zero-order chi connectivity index (χ0) is 13.1. The van der Waals surface area contributed by atoms with Gasteiger partial charge >= 0.3 is 5.97 Å². The summed E-state index contributed by atoms with van der Waals surface area (Å²) in [6, 6.07) is 0.306. The highest BCUT2D eigenvalue weighted by molar-refractivity contribution is 5.81. The van der Waals surface area contributed by atoms with Gasteiger partial charge in [0.1, 0.15) is 5.54 Å². The van der Waals surface area contributed by atoms with Gasteiger partial charge in [0.15, 0.2) is 0 Å². The van der Waals surface area contributed by atoms with Crippen LogP contribution in [0.15, 0.2) is 0 Å². The van der Waals surface area contributed by atoms with Crippen molar-refractivity contribution < 1.29 is 9.53 Å². The molecule has 1 rings (SSSR count). The number of esters is 1. The van der Waals surface area contributed by atoms with Crippen molar-refractivity contribution in [1.82, 2.24) is 5.32 Å². The third-order valence-corrected chi connectivity index (χ3v) is 3.87. The van der Waals surface area contributed by atoms with Crippen LogP contribution in [-0.2, 0) is 9.53 Å². The van der Waals surface area contributed by atoms with Crippen LogP contribution in [0.25, 0.3) is 0 Å². The molecule has 3 nitrogen and oxygen atoms in total. The number of nitrogens with one attached hydrogen (secondary N) is 1. The minimum atomic E-state index is -0.448. The molecule has 1 N–H and O–H groups in total. The normalized spacial score (nSPS) is 29.7. The zero-order valence-corrected chi connectivity index (χ0v) is 11.9. The molecule has 1 aliphatic carbocycles. The van der Waals surface area contributed by atoms with E-state index in [-0.39, 0.29) is 5.97 Å². The van der Waals surface area contributed by atoms with Crippen molar-refractivity contribution >= 4 is 5.97 Å². The molecule has 2 atom stereocenters. The monoisotopic (exact) mass is 241 g/mol. The number of methoxy groups -OCH3 is 1. The first-order valence-electron chi connectivity index (χ1n) is 6.77. The Morgan fingerprint density at radius 3 is 2.47 bits per heavy atom. The van der Waals surface area contributed by atoms with Crippen molar-refractivity contribution in [3.8, 4) is 0 Å². The third-order valence-electron chi connectivity index (χ3n) is 3.87. The molecule has 17 heavy (non-hydrogen) atoms. The lowest BCUT2D eigenvalue weighted by Gasteiger charge is -2.41. The van der Waals surface area contributed by atoms with Gasteiger partial charge in [0, 0.05) is 6.04 Å². The number of carbonyl (C=O) groups excluding carboxylic acids is 1. The molecule has 100 valence electrons. The highest BCUT2D eigenvalue weighted by Crippen LogP contribution is 2.37. The molecule has 0 aromatic carbocycles. The summed E-state index contributed by atoms with van der Waals surface area (Å²) in [4.78, 5) is 12.1. The lowest BCUT2D eigenvalue weighted by molar-refractivity contribution is -0.151. The van der Waals surface area contributed by atoms with Crippen LogP contribution < -0.4 is 5.32 Å². The van der Waals surface area contributed by atoms with Crippen molar-refractivity contribution in [2.45, 2.75) is 65.0 Å². The summed E-state index contributed by atoms with van der Waals surface area (Å²) < 4.78 is 5.02. The quantitative estimate of drug-likeness (QED) is 0.769. The number of ether oxygens (including phenoxy) is 1. The minimum absolute atomic E-state index is 0.0865. The van der Waals surface area contributed by atoms with Crippen molar-refractivity contribution in [2.24, 2.45) is 11.8 Å². The van der Waals surface area contributed by atoms with Crippen molar-refractivity contribution in [1.29, 1.82) is 0 Å². The van der Waals surface area contributed by atoms with E-state index in [0.717, 1.165) is 19.3 Å². The van der Waals surface area contributed by atoms with Crippen LogP contribution in [0.1, 0.15) is 53.4 Å². The Labute approximate surface area is 105 Å². The second-order valence-electron chi connectivity index (χ2n) is 5.97. The zero-order valence-electron chi connectivity index (χ0n) is 11.9. The van der Waals surface area contributed by atoms with Gasteiger partial charge in [-0.15, -0.1) is 0 Å². The first-order chi connectivity index (χ1) is 7.91. The molecule has 0 aliphatic heterocycles. The molecule has 1 fully saturated rings. The maximum Gasteiger partial charge on any atom is 0.326 e. The van der Waals surface area contributed by atoms with Crippen LogP contribution in [0.3, 0.4) is 0 Å². The summed E-state index contributed by atoms with van der Waals surface area (Å²) in [6.07, 6.45) is 4.16. The standard InChI is InChI=1S/C14H27NO2/c1-10(2)12-7-6-8-14(9-12,13(16)17-5)15-11(3)4/h10-12,15H,6-9H2,1-5H3. The second-order valence-corrected chi connectivity index (χ2v) is 5.97. The Bertz CT molecular complexity index is 263. The number of hydrogen-bond donors (Lipinski definition) is 1. The van der Waals surface area contributed by atoms with E-state index in [9.17, 15) is 4.79 Å². The highest BCUT2D eigenvalue weighted by Gasteiger charge is 2.44. The summed E-state index contributed by atoms with van der Waals surface area (Å²) in [5.41, 5.74) is -0.448. The van der Waals surface area contributed by atoms with Crippen LogP contribution in [0.2, 0.25) is 0 Å². The van der Waals surface area contributed by atoms with E-state index in [1.165, 1.54) is 13.5 Å². The smallest absolute Gasteiger partial charge is 0.326 e. The average molecular weight is 241 g/mol. The number of hydrogen-bond acceptors (Lipinski definition) is 3. The molecule has 0 heterocycles. The lowest BCUT2D eigenvalue weighted by atomic mass is 9.71. The van der Waals surface area contributed by atoms with E-state index >= 15 is 0 Å². The Balaban J connectivity index is 2.85. The van der Waals surface area contributed by atoms with E-state index in [1.807, 2.05) is 0 Å². The van der Waals surface area contributed by atoms with Crippen molar-refractivity contribution in [3.05, 3.63) is 0 Å². The summed E-state index contributed by atoms with van der Waals surface area (Å²) in [5, 5.41) is 3.46. The van der Waals surface area contributed by atoms with E-state index in [1.54, 1.807) is 0 Å². The Kier molecular flexibility index (Phi) is 4.99. The summed E-state index contributed by atoms with van der Waals surface area (Å²) in [6.45, 7) is 8.66. The molecule has 1 aliphatic rings. The van der Waals surface area contributed by atoms with Gasteiger partial charge in [-0.2, -0.15) is 0 Å². The molecule has 1 saturated carbocycles. The van der Waals surface area contributed by atoms with Crippen molar-refractivity contribution in [2.75, 3.05) is 7.11 Å². The van der Waals surface area contributed by atoms with Gasteiger partial charge in [-0.05, 0) is 38.5 Å². The molecule has 3 heteroatoms. The first-order valence-corrected chi connectivity index (χ1v) is 6.77. The third kappa shape index (κ3) is 3.44. The summed E-state index contributed by atoms with van der Waals surface area (Å²) in [5.74, 6) is 1.17. The fourth-order valence-electron chi connectivity index (χ4n) is 3.01. The van der Waals surface area contributed by atoms with Gasteiger partial charge in [0.25, 0.3) is 0 Å². The van der Waals surface area contributed by atoms with E-state index in [2.05, 4.69) is 33.0 Å². The van der Waals surface area contributed by atoms with Gasteiger partial charge in [0.05, 0.1) is 7.11 Å². The molecule has 0 spiro atoms. The molecule has 0 amide bonds. The fraction of sp³-hybridized carbons (Fsp3) is 0.929. The van der Waals surface area contributed by atoms with E-state index in [0.29, 0.717) is 17.9 Å². The van der Waals surface area contributed by atoms with Crippen LogP contribution in [0, 0.1) is 11.8 Å². The van der Waals surface area contributed by atoms with Crippen LogP contribution in [-0.4, -0.2) is 24.7 Å². The predicted molar refractivity (Wildman–Crippen MR) is 69.8 cm³/mol. The Morgan fingerprint density at radius 1 is 1.35 bits per heavy atom. The van der Waals surface area contributed by atoms with Gasteiger partial charge in [-0.3, -0.25) is 10.1 Å². The largest absolute Gasteiger partial charge is 0.468 e. The van der Waals surface area contributed by atoms with Gasteiger partial charge < -0.3 is 4.74 Å². The predicted octanol–water partition coefficient (Wildman–Crippen LogP) is 2.74. The average Bonchev–Trinajstić information content (AvgIpc) is 2.27. The van der Waals surface area contributed by atoms with Crippen LogP contribution in [0.4, 0.5) is 0 Å². The Morgan fingerprint density at radius 2 is 2.00 bits per heavy atom. The molecule has 0 bridgehead atoms. The Hall–Kier alpha value is -0.570. The molecule has 0 radical (unpaired) electrons. The maximum atomic E-state index is 12.1. The van der Waals surface area contributed by atoms with Crippen LogP contribution in [0.5, 0.6) is 0 Å². The SMILES string of the molecule is COC(=O)C1(NC(C)C)CCCC(C(C)C)C1. The lowest BCUT2D eigenvalue weighted by Crippen LogP contribution is -2.58. The molecule has 0 aromatic rings. The molecular formula is C14H27NO2. The molecule has 0 aromatic heterocycles. The first kappa shape index (κ1) is 14.5. The minimum Gasteiger partial charge on any atom is -0.468 e. The van der Waals surface area contributed by atoms with Crippen molar-refractivity contribution in [3.63, 3.8) is 0 Å². The van der Waals surface area contributed by atoms with Crippen LogP contribution >= 0.6 is 0 Å². The number of rotatable bonds is 4. The fourth-order valence-corrected chi connectivity index (χ4v) is 3.01. The highest BCUT2D eigenvalue weighted by atomic mass is 16.5. The maximum absolute atomic E-state index is 12.1. The molecular weight excluding hydrogens is 214 g/mol. The van der Waals surface area contributed by atoms with E-state index < -0.39 is 5.54 Å². The van der Waals surface area contributed by atoms with Gasteiger partial charge in [-0.1, -0.05) is 26.7 Å². The second kappa shape index (κ2) is 5.85. The van der Waals surface area contributed by atoms with E-state index in [4.69, 9.17) is 4.74 Å². The van der Waals surface area contributed by atoms with Gasteiger partial charge in [-0.25, -0.2) is 0 Å². The number of carbonyl (C=O) groups is 1. The molecule has 0 saturated heterocycles. The molecule has 2 unspecified atom stereocenters. The van der Waals surface area contributed by atoms with Gasteiger partial charge in [0.2, 0.25) is 0 Å². The summed E-state index contributed by atoms with van der Waals surface area (Å²) >= 11 is 0. The topological polar surface area (TPSA) is 38.3 Å². The summed E-state index contributed by atoms with van der Waals surface area (Å²) in [7, 11) is 1.49.